The van der Waals surface area contributed by atoms with Crippen molar-refractivity contribution in [2.24, 2.45) is 0 Å². The molecule has 1 aliphatic rings. The van der Waals surface area contributed by atoms with Crippen LogP contribution < -0.4 is 9.47 Å². The predicted molar refractivity (Wildman–Crippen MR) is 137 cm³/mol. The van der Waals surface area contributed by atoms with Crippen molar-refractivity contribution in [1.82, 2.24) is 4.90 Å². The highest BCUT2D eigenvalue weighted by Gasteiger charge is 2.33. The quantitative estimate of drug-likeness (QED) is 0.259. The fourth-order valence-electron chi connectivity index (χ4n) is 2.62. The zero-order chi connectivity index (χ0) is 21.8. The number of benzene rings is 2. The van der Waals surface area contributed by atoms with Gasteiger partial charge in [-0.15, -0.1) is 0 Å². The van der Waals surface area contributed by atoms with Crippen molar-refractivity contribution in [3.63, 3.8) is 0 Å². The van der Waals surface area contributed by atoms with E-state index in [0.29, 0.717) is 23.0 Å². The van der Waals surface area contributed by atoms with E-state index in [2.05, 4.69) is 45.2 Å². The lowest BCUT2D eigenvalue weighted by Crippen LogP contribution is -2.33. The van der Waals surface area contributed by atoms with E-state index in [1.807, 2.05) is 30.3 Å². The molecule has 3 rings (SSSR count). The minimum absolute atomic E-state index is 0.229. The highest BCUT2D eigenvalue weighted by atomic mass is 127. The number of methoxy groups -OCH3 is 1. The molecule has 1 heterocycles. The SMILES string of the molecule is COc1cc(/C=C2/SC(=S)N(CC(=O)O)C2=O)cc(I)c1OCc1ccc(I)cc1. The van der Waals surface area contributed by atoms with Crippen LogP contribution in [0.2, 0.25) is 0 Å². The third-order valence-corrected chi connectivity index (χ3v) is 6.91. The molecule has 156 valence electrons. The Bertz CT molecular complexity index is 1040. The molecule has 0 saturated carbocycles. The molecule has 1 N–H and O–H groups in total. The highest BCUT2D eigenvalue weighted by Crippen LogP contribution is 2.37. The fraction of sp³-hybridized carbons (Fsp3) is 0.150. The number of carboxylic acids is 1. The summed E-state index contributed by atoms with van der Waals surface area (Å²) < 4.78 is 13.7. The molecule has 2 aromatic carbocycles. The Morgan fingerprint density at radius 2 is 1.97 bits per heavy atom. The molecule has 0 spiro atoms. The molecule has 0 aromatic heterocycles. The largest absolute Gasteiger partial charge is 0.493 e. The molecular weight excluding hydrogens is 652 g/mol. The monoisotopic (exact) mass is 667 g/mol. The highest BCUT2D eigenvalue weighted by molar-refractivity contribution is 14.1. The second-order valence-corrected chi connectivity index (χ2v) is 10.2. The number of carbonyl (C=O) groups is 2. The van der Waals surface area contributed by atoms with Crippen molar-refractivity contribution in [3.05, 3.63) is 59.6 Å². The molecule has 6 nitrogen and oxygen atoms in total. The standard InChI is InChI=1S/C20H15I2NO5S2/c1-27-15-7-12(8-16-19(26)23(9-17(24)25)20(29)30-16)6-14(22)18(15)28-10-11-2-4-13(21)5-3-11/h2-8H,9-10H2,1H3,(H,24,25)/b16-8+. The van der Waals surface area contributed by atoms with Gasteiger partial charge in [0.15, 0.2) is 11.5 Å². The molecule has 1 aliphatic heterocycles. The third kappa shape index (κ3) is 5.65. The summed E-state index contributed by atoms with van der Waals surface area (Å²) >= 11 is 10.6. The van der Waals surface area contributed by atoms with Crippen LogP contribution in [-0.4, -0.2) is 39.9 Å². The van der Waals surface area contributed by atoms with E-state index in [9.17, 15) is 9.59 Å². The zero-order valence-electron chi connectivity index (χ0n) is 15.6. The first-order chi connectivity index (χ1) is 14.3. The van der Waals surface area contributed by atoms with Gasteiger partial charge in [-0.2, -0.15) is 0 Å². The first kappa shape index (κ1) is 23.3. The second-order valence-electron chi connectivity index (χ2n) is 6.11. The summed E-state index contributed by atoms with van der Waals surface area (Å²) in [5.74, 6) is -0.370. The minimum Gasteiger partial charge on any atom is -0.493 e. The van der Waals surface area contributed by atoms with Crippen LogP contribution in [0.25, 0.3) is 6.08 Å². The predicted octanol–water partition coefficient (Wildman–Crippen LogP) is 4.77. The molecule has 1 amide bonds. The van der Waals surface area contributed by atoms with Gasteiger partial charge in [-0.05, 0) is 86.7 Å². The number of nitrogens with zero attached hydrogens (tertiary/aromatic N) is 1. The molecule has 0 radical (unpaired) electrons. The molecule has 0 aliphatic carbocycles. The average molecular weight is 667 g/mol. The summed E-state index contributed by atoms with van der Waals surface area (Å²) in [6.45, 7) is -0.0509. The van der Waals surface area contributed by atoms with E-state index in [1.54, 1.807) is 19.3 Å². The number of ether oxygens (including phenoxy) is 2. The van der Waals surface area contributed by atoms with Crippen molar-refractivity contribution >= 4 is 91.4 Å². The Balaban J connectivity index is 1.82. The molecule has 1 fully saturated rings. The first-order valence-corrected chi connectivity index (χ1v) is 11.9. The maximum Gasteiger partial charge on any atom is 0.323 e. The van der Waals surface area contributed by atoms with E-state index in [4.69, 9.17) is 26.8 Å². The topological polar surface area (TPSA) is 76.1 Å². The van der Waals surface area contributed by atoms with Crippen LogP contribution in [0.4, 0.5) is 0 Å². The zero-order valence-corrected chi connectivity index (χ0v) is 21.5. The second kappa shape index (κ2) is 10.3. The maximum atomic E-state index is 12.5. The smallest absolute Gasteiger partial charge is 0.323 e. The van der Waals surface area contributed by atoms with Crippen LogP contribution in [0.5, 0.6) is 11.5 Å². The number of aliphatic carboxylic acids is 1. The Morgan fingerprint density at radius 1 is 1.27 bits per heavy atom. The molecule has 10 heteroatoms. The molecule has 0 unspecified atom stereocenters. The lowest BCUT2D eigenvalue weighted by molar-refractivity contribution is -0.140. The van der Waals surface area contributed by atoms with Gasteiger partial charge in [0, 0.05) is 3.57 Å². The van der Waals surface area contributed by atoms with Gasteiger partial charge in [0.2, 0.25) is 0 Å². The number of thiocarbonyl (C=S) groups is 1. The minimum atomic E-state index is -1.11. The summed E-state index contributed by atoms with van der Waals surface area (Å²) in [5, 5.41) is 8.95. The van der Waals surface area contributed by atoms with Gasteiger partial charge in [-0.25, -0.2) is 0 Å². The molecule has 0 atom stereocenters. The molecule has 0 bridgehead atoms. The van der Waals surface area contributed by atoms with Crippen molar-refractivity contribution in [3.8, 4) is 11.5 Å². The number of halogens is 2. The Labute approximate surface area is 210 Å². The van der Waals surface area contributed by atoms with Crippen LogP contribution in [0.15, 0.2) is 41.3 Å². The third-order valence-electron chi connectivity index (χ3n) is 4.01. The Kier molecular flexibility index (Phi) is 7.98. The number of hydrogen-bond donors (Lipinski definition) is 1. The number of hydrogen-bond acceptors (Lipinski definition) is 6. The van der Waals surface area contributed by atoms with Crippen LogP contribution in [0.1, 0.15) is 11.1 Å². The van der Waals surface area contributed by atoms with E-state index in [0.717, 1.165) is 34.9 Å². The molecular formula is C20H15I2NO5S2. The average Bonchev–Trinajstić information content (AvgIpc) is 2.95. The van der Waals surface area contributed by atoms with Gasteiger partial charge in [0.25, 0.3) is 5.91 Å². The van der Waals surface area contributed by atoms with Crippen molar-refractivity contribution < 1.29 is 24.2 Å². The normalized spacial score (nSPS) is 15.0. The van der Waals surface area contributed by atoms with E-state index in [-0.39, 0.29) is 4.32 Å². The molecule has 1 saturated heterocycles. The summed E-state index contributed by atoms with van der Waals surface area (Å²) in [5.41, 5.74) is 1.77. The van der Waals surface area contributed by atoms with Crippen molar-refractivity contribution in [2.75, 3.05) is 13.7 Å². The summed E-state index contributed by atoms with van der Waals surface area (Å²) in [6, 6.07) is 11.7. The summed E-state index contributed by atoms with van der Waals surface area (Å²) in [6.07, 6.45) is 1.68. The number of amides is 1. The molecule has 30 heavy (non-hydrogen) atoms. The number of rotatable bonds is 7. The lowest BCUT2D eigenvalue weighted by Gasteiger charge is -2.14. The van der Waals surface area contributed by atoms with Crippen molar-refractivity contribution in [2.45, 2.75) is 6.61 Å². The van der Waals surface area contributed by atoms with Gasteiger partial charge in [-0.1, -0.05) is 36.1 Å². The van der Waals surface area contributed by atoms with Crippen LogP contribution >= 0.6 is 69.2 Å². The van der Waals surface area contributed by atoms with Crippen LogP contribution in [0, 0.1) is 7.14 Å². The maximum absolute atomic E-state index is 12.5. The van der Waals surface area contributed by atoms with Gasteiger partial charge >= 0.3 is 5.97 Å². The van der Waals surface area contributed by atoms with Crippen LogP contribution in [-0.2, 0) is 16.2 Å². The number of carbonyl (C=O) groups excluding carboxylic acids is 1. The van der Waals surface area contributed by atoms with E-state index >= 15 is 0 Å². The van der Waals surface area contributed by atoms with Gasteiger partial charge in [0.05, 0.1) is 15.6 Å². The Hall–Kier alpha value is -1.38. The van der Waals surface area contributed by atoms with Gasteiger partial charge in [-0.3, -0.25) is 14.5 Å². The summed E-state index contributed by atoms with van der Waals surface area (Å²) in [7, 11) is 1.55. The van der Waals surface area contributed by atoms with Crippen LogP contribution in [0.3, 0.4) is 0 Å². The van der Waals surface area contributed by atoms with E-state index in [1.165, 1.54) is 0 Å². The van der Waals surface area contributed by atoms with Gasteiger partial charge in [0.1, 0.15) is 17.5 Å². The Morgan fingerprint density at radius 3 is 2.60 bits per heavy atom. The van der Waals surface area contributed by atoms with Crippen molar-refractivity contribution in [1.29, 1.82) is 0 Å². The summed E-state index contributed by atoms with van der Waals surface area (Å²) in [4.78, 5) is 24.9. The van der Waals surface area contributed by atoms with E-state index < -0.39 is 18.4 Å². The molecule has 2 aromatic rings. The fourth-order valence-corrected chi connectivity index (χ4v) is 5.02. The first-order valence-electron chi connectivity index (χ1n) is 8.50. The van der Waals surface area contributed by atoms with Gasteiger partial charge < -0.3 is 14.6 Å². The number of thioether (sulfide) groups is 1. The lowest BCUT2D eigenvalue weighted by atomic mass is 10.1. The number of carboxylic acid groups (broad SMARTS) is 1.